The second-order valence-electron chi connectivity index (χ2n) is 2.20. The van der Waals surface area contributed by atoms with Gasteiger partial charge in [-0.25, -0.2) is 4.79 Å². The molecular weight excluding hydrogens is 184 g/mol. The highest BCUT2D eigenvalue weighted by Gasteiger charge is 2.00. The van der Waals surface area contributed by atoms with Crippen molar-refractivity contribution < 1.29 is 19.4 Å². The van der Waals surface area contributed by atoms with Gasteiger partial charge in [0.25, 0.3) is 0 Å². The van der Waals surface area contributed by atoms with Crippen LogP contribution in [0.15, 0.2) is 12.2 Å². The first-order chi connectivity index (χ1) is 6.70. The van der Waals surface area contributed by atoms with E-state index in [1.165, 1.54) is 6.08 Å². The Morgan fingerprint density at radius 2 is 2.00 bits per heavy atom. The predicted molar refractivity (Wildman–Crippen MR) is 51.6 cm³/mol. The minimum absolute atomic E-state index is 0.502. The van der Waals surface area contributed by atoms with Crippen molar-refractivity contribution in [1.29, 1.82) is 0 Å². The van der Waals surface area contributed by atoms with Crippen LogP contribution in [-0.2, 0) is 14.3 Å². The number of hydrogen-bond donors (Lipinski definition) is 1. The molecule has 0 saturated heterocycles. The summed E-state index contributed by atoms with van der Waals surface area (Å²) < 4.78 is 10.2. The van der Waals surface area contributed by atoms with Crippen molar-refractivity contribution >= 4 is 5.97 Å². The molecule has 0 rings (SSSR count). The Morgan fingerprint density at radius 3 is 2.43 bits per heavy atom. The Morgan fingerprint density at radius 1 is 1.43 bits per heavy atom. The normalized spacial score (nSPS) is 10.2. The largest absolute Gasteiger partial charge is 0.478 e. The fraction of sp³-hybridized carbons (Fsp3) is 0.500. The number of hydrogen-bond acceptors (Lipinski definition) is 3. The van der Waals surface area contributed by atoms with Crippen molar-refractivity contribution in [2.24, 2.45) is 0 Å². The molecule has 0 amide bonds. The Kier molecular flexibility index (Phi) is 7.52. The molecule has 0 fully saturated rings. The molecule has 0 unspecified atom stereocenters. The average molecular weight is 198 g/mol. The number of allylic oxidation sites excluding steroid dienone is 1. The Hall–Kier alpha value is -1.31. The van der Waals surface area contributed by atoms with Crippen LogP contribution >= 0.6 is 0 Å². The summed E-state index contributed by atoms with van der Waals surface area (Å²) in [5, 5.41) is 8.27. The number of ether oxygens (including phenoxy) is 2. The van der Waals surface area contributed by atoms with E-state index < -0.39 is 12.3 Å². The third-order valence-corrected chi connectivity index (χ3v) is 1.15. The van der Waals surface area contributed by atoms with Gasteiger partial charge in [-0.05, 0) is 25.8 Å². The van der Waals surface area contributed by atoms with Gasteiger partial charge in [0.2, 0.25) is 6.29 Å². The van der Waals surface area contributed by atoms with Gasteiger partial charge in [-0.15, -0.1) is 0 Å². The van der Waals surface area contributed by atoms with Crippen LogP contribution in [0.3, 0.4) is 0 Å². The number of carboxylic acids is 1. The maximum absolute atomic E-state index is 10.1. The predicted octanol–water partition coefficient (Wildman–Crippen LogP) is 1.03. The Balaban J connectivity index is 4.05. The minimum Gasteiger partial charge on any atom is -0.478 e. The van der Waals surface area contributed by atoms with E-state index in [0.29, 0.717) is 13.2 Å². The molecule has 0 heterocycles. The van der Waals surface area contributed by atoms with Crippen LogP contribution in [0.2, 0.25) is 0 Å². The van der Waals surface area contributed by atoms with Crippen molar-refractivity contribution in [3.05, 3.63) is 12.2 Å². The number of aliphatic carboxylic acids is 1. The molecule has 0 aliphatic carbocycles. The first-order valence-corrected chi connectivity index (χ1v) is 4.34. The zero-order valence-electron chi connectivity index (χ0n) is 8.32. The summed E-state index contributed by atoms with van der Waals surface area (Å²) in [4.78, 5) is 10.1. The Labute approximate surface area is 83.5 Å². The lowest BCUT2D eigenvalue weighted by molar-refractivity contribution is -0.131. The van der Waals surface area contributed by atoms with Crippen molar-refractivity contribution in [3.63, 3.8) is 0 Å². The Bertz CT molecular complexity index is 241. The van der Waals surface area contributed by atoms with Gasteiger partial charge in [0.1, 0.15) is 0 Å². The molecule has 0 aromatic carbocycles. The van der Waals surface area contributed by atoms with Gasteiger partial charge in [0, 0.05) is 19.3 Å². The molecule has 0 radical (unpaired) electrons. The van der Waals surface area contributed by atoms with E-state index >= 15 is 0 Å². The van der Waals surface area contributed by atoms with Crippen molar-refractivity contribution in [3.8, 4) is 11.8 Å². The summed E-state index contributed by atoms with van der Waals surface area (Å²) in [7, 11) is 0. The molecule has 0 saturated carbocycles. The SMILES string of the molecule is CCOC(C#C/C=C/C(=O)O)OCC. The molecule has 0 aliphatic heterocycles. The van der Waals surface area contributed by atoms with E-state index in [1.54, 1.807) is 0 Å². The monoisotopic (exact) mass is 198 g/mol. The standard InChI is InChI=1S/C10H14O4/c1-3-13-10(14-4-2)8-6-5-7-9(11)12/h5,7,10H,3-4H2,1-2H3,(H,11,12)/b7-5+. The van der Waals surface area contributed by atoms with E-state index in [4.69, 9.17) is 14.6 Å². The van der Waals surface area contributed by atoms with Crippen LogP contribution in [0, 0.1) is 11.8 Å². The number of rotatable bonds is 5. The van der Waals surface area contributed by atoms with Crippen molar-refractivity contribution in [2.45, 2.75) is 20.1 Å². The molecule has 0 aromatic rings. The van der Waals surface area contributed by atoms with E-state index in [0.717, 1.165) is 6.08 Å². The molecule has 0 bridgehead atoms. The van der Waals surface area contributed by atoms with Gasteiger partial charge in [0.15, 0.2) is 0 Å². The highest BCUT2D eigenvalue weighted by atomic mass is 16.7. The second-order valence-corrected chi connectivity index (χ2v) is 2.20. The van der Waals surface area contributed by atoms with Crippen LogP contribution in [-0.4, -0.2) is 30.6 Å². The van der Waals surface area contributed by atoms with E-state index in [2.05, 4.69) is 11.8 Å². The molecule has 78 valence electrons. The fourth-order valence-corrected chi connectivity index (χ4v) is 0.663. The molecule has 0 aromatic heterocycles. The minimum atomic E-state index is -1.02. The van der Waals surface area contributed by atoms with Gasteiger partial charge < -0.3 is 14.6 Å². The van der Waals surface area contributed by atoms with Gasteiger partial charge in [0.05, 0.1) is 0 Å². The number of carbonyl (C=O) groups is 1. The molecular formula is C10H14O4. The fourth-order valence-electron chi connectivity index (χ4n) is 0.663. The number of carboxylic acid groups (broad SMARTS) is 1. The van der Waals surface area contributed by atoms with Gasteiger partial charge in [-0.2, -0.15) is 0 Å². The summed E-state index contributed by atoms with van der Waals surface area (Å²) in [6, 6.07) is 0. The summed E-state index contributed by atoms with van der Waals surface area (Å²) >= 11 is 0. The molecule has 0 atom stereocenters. The summed E-state index contributed by atoms with van der Waals surface area (Å²) in [6.07, 6.45) is 1.62. The highest BCUT2D eigenvalue weighted by molar-refractivity contribution is 5.80. The first-order valence-electron chi connectivity index (χ1n) is 4.34. The van der Waals surface area contributed by atoms with Crippen LogP contribution in [0.25, 0.3) is 0 Å². The van der Waals surface area contributed by atoms with Crippen molar-refractivity contribution in [2.75, 3.05) is 13.2 Å². The highest BCUT2D eigenvalue weighted by Crippen LogP contribution is 1.92. The van der Waals surface area contributed by atoms with Gasteiger partial charge in [-0.3, -0.25) is 0 Å². The van der Waals surface area contributed by atoms with Gasteiger partial charge >= 0.3 is 5.97 Å². The third-order valence-electron chi connectivity index (χ3n) is 1.15. The maximum atomic E-state index is 10.1. The summed E-state index contributed by atoms with van der Waals surface area (Å²) in [6.45, 7) is 4.67. The van der Waals surface area contributed by atoms with E-state index in [9.17, 15) is 4.79 Å². The van der Waals surface area contributed by atoms with Crippen LogP contribution < -0.4 is 0 Å². The maximum Gasteiger partial charge on any atom is 0.328 e. The second kappa shape index (κ2) is 8.30. The molecule has 1 N–H and O–H groups in total. The lowest BCUT2D eigenvalue weighted by Crippen LogP contribution is -2.14. The molecule has 0 spiro atoms. The lowest BCUT2D eigenvalue weighted by Gasteiger charge is -2.09. The zero-order valence-corrected chi connectivity index (χ0v) is 8.32. The van der Waals surface area contributed by atoms with Crippen molar-refractivity contribution in [1.82, 2.24) is 0 Å². The van der Waals surface area contributed by atoms with Crippen LogP contribution in [0.5, 0.6) is 0 Å². The summed E-state index contributed by atoms with van der Waals surface area (Å²) in [5.74, 6) is 4.13. The first kappa shape index (κ1) is 12.7. The van der Waals surface area contributed by atoms with E-state index in [-0.39, 0.29) is 0 Å². The average Bonchev–Trinajstić information content (AvgIpc) is 2.12. The molecule has 0 aliphatic rings. The quantitative estimate of drug-likeness (QED) is 0.407. The topological polar surface area (TPSA) is 55.8 Å². The summed E-state index contributed by atoms with van der Waals surface area (Å²) in [5.41, 5.74) is 0. The molecule has 4 heteroatoms. The van der Waals surface area contributed by atoms with E-state index in [1.807, 2.05) is 13.8 Å². The molecule has 14 heavy (non-hydrogen) atoms. The zero-order chi connectivity index (χ0) is 10.8. The molecule has 4 nitrogen and oxygen atoms in total. The van der Waals surface area contributed by atoms with Crippen LogP contribution in [0.1, 0.15) is 13.8 Å². The van der Waals surface area contributed by atoms with Crippen LogP contribution in [0.4, 0.5) is 0 Å². The van der Waals surface area contributed by atoms with Gasteiger partial charge in [-0.1, -0.05) is 5.92 Å². The third kappa shape index (κ3) is 7.35. The lowest BCUT2D eigenvalue weighted by atomic mass is 10.4. The smallest absolute Gasteiger partial charge is 0.328 e.